The van der Waals surface area contributed by atoms with Crippen LogP contribution in [0.5, 0.6) is 0 Å². The van der Waals surface area contributed by atoms with Gasteiger partial charge in [-0.2, -0.15) is 0 Å². The van der Waals surface area contributed by atoms with Crippen molar-refractivity contribution in [2.45, 2.75) is 19.3 Å². The van der Waals surface area contributed by atoms with Crippen molar-refractivity contribution in [3.63, 3.8) is 0 Å². The van der Waals surface area contributed by atoms with E-state index in [4.69, 9.17) is 4.74 Å². The van der Waals surface area contributed by atoms with Crippen LogP contribution in [0.3, 0.4) is 0 Å². The fourth-order valence-electron chi connectivity index (χ4n) is 2.85. The Hall–Kier alpha value is -2.37. The maximum atomic E-state index is 12.2. The van der Waals surface area contributed by atoms with E-state index in [1.165, 1.54) is 11.3 Å². The van der Waals surface area contributed by atoms with Gasteiger partial charge in [-0.25, -0.2) is 17.9 Å². The number of carbonyl (C=O) groups is 2. The smallest absolute Gasteiger partial charge is 0.359 e. The largest absolute Gasteiger partial charge is 0.452 e. The summed E-state index contributed by atoms with van der Waals surface area (Å²) in [5.41, 5.74) is 0.0551. The van der Waals surface area contributed by atoms with E-state index in [1.54, 1.807) is 24.3 Å². The Morgan fingerprint density at radius 1 is 1.17 bits per heavy atom. The van der Waals surface area contributed by atoms with Crippen molar-refractivity contribution >= 4 is 38.9 Å². The third-order valence-electron chi connectivity index (χ3n) is 4.30. The van der Waals surface area contributed by atoms with Crippen LogP contribution in [0.4, 0.5) is 5.82 Å². The van der Waals surface area contributed by atoms with Gasteiger partial charge in [-0.1, -0.05) is 0 Å². The number of ketones is 1. The molecule has 0 aromatic carbocycles. The number of hydrogen-bond acceptors (Lipinski definition) is 9. The van der Waals surface area contributed by atoms with E-state index in [1.807, 2.05) is 0 Å². The Morgan fingerprint density at radius 3 is 2.59 bits per heavy atom. The van der Waals surface area contributed by atoms with Crippen LogP contribution in [0.15, 0.2) is 24.3 Å². The van der Waals surface area contributed by atoms with Crippen LogP contribution in [0.1, 0.15) is 37.9 Å². The third-order valence-corrected chi connectivity index (χ3v) is 6.21. The Kier molecular flexibility index (Phi) is 6.93. The molecule has 2 aromatic heterocycles. The first-order valence-electron chi connectivity index (χ1n) is 9.14. The molecule has 2 aromatic rings. The number of carbonyl (C=O) groups excluding carboxylic acids is 2. The number of anilines is 1. The zero-order valence-corrected chi connectivity index (χ0v) is 17.6. The predicted octanol–water partition coefficient (Wildman–Crippen LogP) is 1.27. The summed E-state index contributed by atoms with van der Waals surface area (Å²) in [4.78, 5) is 27.7. The highest BCUT2D eigenvalue weighted by atomic mass is 32.2. The van der Waals surface area contributed by atoms with Crippen molar-refractivity contribution in [3.05, 3.63) is 39.7 Å². The van der Waals surface area contributed by atoms with Crippen molar-refractivity contribution in [3.8, 4) is 0 Å². The van der Waals surface area contributed by atoms with Crippen molar-refractivity contribution in [1.29, 1.82) is 0 Å². The van der Waals surface area contributed by atoms with Gasteiger partial charge in [0.25, 0.3) is 0 Å². The first-order chi connectivity index (χ1) is 13.8. The highest BCUT2D eigenvalue weighted by Crippen LogP contribution is 2.18. The maximum Gasteiger partial charge on any atom is 0.359 e. The van der Waals surface area contributed by atoms with Gasteiger partial charge >= 0.3 is 5.97 Å². The van der Waals surface area contributed by atoms with Gasteiger partial charge in [0.05, 0.1) is 11.1 Å². The second-order valence-electron chi connectivity index (χ2n) is 6.65. The number of rotatable bonds is 9. The topological polar surface area (TPSA) is 119 Å². The van der Waals surface area contributed by atoms with Crippen LogP contribution < -0.4 is 9.62 Å². The molecule has 156 valence electrons. The number of ether oxygens (including phenoxy) is 1. The van der Waals surface area contributed by atoms with Gasteiger partial charge in [0.15, 0.2) is 18.1 Å². The van der Waals surface area contributed by atoms with Gasteiger partial charge < -0.3 is 9.64 Å². The van der Waals surface area contributed by atoms with Crippen LogP contribution in [0, 0.1) is 0 Å². The summed E-state index contributed by atoms with van der Waals surface area (Å²) < 4.78 is 29.6. The summed E-state index contributed by atoms with van der Waals surface area (Å²) in [7, 11) is -3.24. The quantitative estimate of drug-likeness (QED) is 0.459. The second-order valence-corrected chi connectivity index (χ2v) is 9.65. The molecule has 1 saturated heterocycles. The van der Waals surface area contributed by atoms with E-state index < -0.39 is 22.6 Å². The molecule has 0 aliphatic carbocycles. The molecule has 3 heterocycles. The number of esters is 1. The Morgan fingerprint density at radius 2 is 1.93 bits per heavy atom. The lowest BCUT2D eigenvalue weighted by molar-refractivity contribution is 0.0469. The molecule has 3 rings (SSSR count). The highest BCUT2D eigenvalue weighted by molar-refractivity contribution is 7.88. The predicted molar refractivity (Wildman–Crippen MR) is 109 cm³/mol. The average molecular weight is 439 g/mol. The zero-order valence-electron chi connectivity index (χ0n) is 16.0. The molecule has 0 radical (unpaired) electrons. The minimum atomic E-state index is -3.24. The van der Waals surface area contributed by atoms with Crippen LogP contribution in [-0.2, 0) is 21.2 Å². The van der Waals surface area contributed by atoms with E-state index in [-0.39, 0.29) is 18.0 Å². The number of Topliss-reactive ketones (excluding diaryl/α,β-unsaturated/α-hetero) is 1. The lowest BCUT2D eigenvalue weighted by Gasteiger charge is -2.14. The molecule has 0 spiro atoms. The molecule has 0 atom stereocenters. The number of nitrogens with one attached hydrogen (secondary N) is 1. The van der Waals surface area contributed by atoms with Crippen molar-refractivity contribution < 1.29 is 22.7 Å². The molecule has 1 aliphatic rings. The van der Waals surface area contributed by atoms with Gasteiger partial charge in [0, 0.05) is 24.5 Å². The van der Waals surface area contributed by atoms with E-state index >= 15 is 0 Å². The number of aromatic nitrogens is 2. The standard InChI is InChI=1S/C18H22N4O5S2/c1-29(25,26)19-9-8-13-4-6-16(28-13)15(23)12-27-18(24)14-5-7-17(21-20-14)22-10-2-3-11-22/h4-7,19H,2-3,8-12H2,1H3. The molecule has 1 fully saturated rings. The Balaban J connectivity index is 1.48. The van der Waals surface area contributed by atoms with Gasteiger partial charge in [0.1, 0.15) is 0 Å². The number of nitrogens with zero attached hydrogens (tertiary/aromatic N) is 3. The SMILES string of the molecule is CS(=O)(=O)NCCc1ccc(C(=O)COC(=O)c2ccc(N3CCCC3)nn2)s1. The average Bonchev–Trinajstić information content (AvgIpc) is 3.37. The summed E-state index contributed by atoms with van der Waals surface area (Å²) in [6.07, 6.45) is 3.80. The van der Waals surface area contributed by atoms with Crippen LogP contribution in [0.25, 0.3) is 0 Å². The molecular formula is C18H22N4O5S2. The van der Waals surface area contributed by atoms with Crippen LogP contribution in [-0.4, -0.2) is 62.9 Å². The first-order valence-corrected chi connectivity index (χ1v) is 11.8. The van der Waals surface area contributed by atoms with Gasteiger partial charge in [0.2, 0.25) is 15.8 Å². The number of sulfonamides is 1. The zero-order chi connectivity index (χ0) is 20.9. The molecule has 1 aliphatic heterocycles. The number of hydrogen-bond donors (Lipinski definition) is 1. The van der Waals surface area contributed by atoms with Gasteiger partial charge in [-0.05, 0) is 43.5 Å². The normalized spacial score (nSPS) is 14.2. The lowest BCUT2D eigenvalue weighted by Crippen LogP contribution is -2.24. The maximum absolute atomic E-state index is 12.2. The lowest BCUT2D eigenvalue weighted by atomic mass is 10.3. The van der Waals surface area contributed by atoms with Crippen molar-refractivity contribution in [1.82, 2.24) is 14.9 Å². The summed E-state index contributed by atoms with van der Waals surface area (Å²) >= 11 is 1.25. The second kappa shape index (κ2) is 9.42. The monoisotopic (exact) mass is 438 g/mol. The molecule has 1 N–H and O–H groups in total. The molecule has 0 saturated carbocycles. The van der Waals surface area contributed by atoms with Gasteiger partial charge in [-0.15, -0.1) is 21.5 Å². The molecular weight excluding hydrogens is 416 g/mol. The van der Waals surface area contributed by atoms with E-state index in [0.29, 0.717) is 11.3 Å². The molecule has 0 bridgehead atoms. The summed E-state index contributed by atoms with van der Waals surface area (Å²) in [5, 5.41) is 7.96. The highest BCUT2D eigenvalue weighted by Gasteiger charge is 2.17. The summed E-state index contributed by atoms with van der Waals surface area (Å²) in [5.74, 6) is -0.299. The fraction of sp³-hybridized carbons (Fsp3) is 0.444. The summed E-state index contributed by atoms with van der Waals surface area (Å²) in [6, 6.07) is 6.67. The Labute approximate surface area is 173 Å². The van der Waals surface area contributed by atoms with Crippen molar-refractivity contribution in [2.24, 2.45) is 0 Å². The van der Waals surface area contributed by atoms with E-state index in [2.05, 4.69) is 19.8 Å². The fourth-order valence-corrected chi connectivity index (χ4v) is 4.25. The van der Waals surface area contributed by atoms with E-state index in [9.17, 15) is 18.0 Å². The summed E-state index contributed by atoms with van der Waals surface area (Å²) in [6.45, 7) is 1.73. The molecule has 11 heteroatoms. The molecule has 29 heavy (non-hydrogen) atoms. The third kappa shape index (κ3) is 6.31. The minimum absolute atomic E-state index is 0.0551. The molecule has 9 nitrogen and oxygen atoms in total. The first kappa shape index (κ1) is 21.3. The van der Waals surface area contributed by atoms with Crippen molar-refractivity contribution in [2.75, 3.05) is 37.4 Å². The van der Waals surface area contributed by atoms with Crippen LogP contribution >= 0.6 is 11.3 Å². The van der Waals surface area contributed by atoms with Crippen LogP contribution in [0.2, 0.25) is 0 Å². The molecule has 0 unspecified atom stereocenters. The van der Waals surface area contributed by atoms with E-state index in [0.717, 1.165) is 42.9 Å². The molecule has 0 amide bonds. The Bertz CT molecular complexity index is 966. The minimum Gasteiger partial charge on any atom is -0.452 e. The van der Waals surface area contributed by atoms with Gasteiger partial charge in [-0.3, -0.25) is 4.79 Å². The number of thiophene rings is 1.